The zero-order valence-corrected chi connectivity index (χ0v) is 16.2. The summed E-state index contributed by atoms with van der Waals surface area (Å²) in [6.45, 7) is 4.15. The lowest BCUT2D eigenvalue weighted by molar-refractivity contribution is -0.138. The van der Waals surface area contributed by atoms with Gasteiger partial charge in [-0.2, -0.15) is 5.26 Å². The van der Waals surface area contributed by atoms with Gasteiger partial charge in [-0.1, -0.05) is 44.2 Å². The number of piperazine rings is 1. The molecular formula is C22H20N4O3. The first-order valence-corrected chi connectivity index (χ1v) is 9.82. The first-order chi connectivity index (χ1) is 13.9. The Morgan fingerprint density at radius 1 is 1.17 bits per heavy atom. The summed E-state index contributed by atoms with van der Waals surface area (Å²) in [5, 5.41) is 11.4. The highest BCUT2D eigenvalue weighted by Crippen LogP contribution is 2.43. The number of urea groups is 1. The molecule has 4 amide bonds. The van der Waals surface area contributed by atoms with Gasteiger partial charge in [0.15, 0.2) is 0 Å². The van der Waals surface area contributed by atoms with Gasteiger partial charge in [-0.05, 0) is 17.9 Å². The summed E-state index contributed by atoms with van der Waals surface area (Å²) in [7, 11) is 0. The van der Waals surface area contributed by atoms with Gasteiger partial charge in [0.05, 0.1) is 23.3 Å². The number of fused-ring (bicyclic) bond motifs is 6. The maximum Gasteiger partial charge on any atom is 0.332 e. The van der Waals surface area contributed by atoms with E-state index in [4.69, 9.17) is 0 Å². The van der Waals surface area contributed by atoms with E-state index in [2.05, 4.69) is 6.07 Å². The van der Waals surface area contributed by atoms with Gasteiger partial charge in [-0.15, -0.1) is 0 Å². The molecule has 7 heteroatoms. The molecule has 5 rings (SSSR count). The van der Waals surface area contributed by atoms with Crippen LogP contribution in [0, 0.1) is 17.2 Å². The van der Waals surface area contributed by atoms with E-state index in [1.165, 1.54) is 0 Å². The number of hydrogen-bond acceptors (Lipinski definition) is 4. The molecule has 0 aromatic heterocycles. The Labute approximate surface area is 168 Å². The maximum atomic E-state index is 13.3. The van der Waals surface area contributed by atoms with Crippen molar-refractivity contribution in [3.63, 3.8) is 0 Å². The van der Waals surface area contributed by atoms with Crippen LogP contribution in [0.5, 0.6) is 0 Å². The number of imide groups is 1. The van der Waals surface area contributed by atoms with Gasteiger partial charge in [0.25, 0.3) is 5.91 Å². The van der Waals surface area contributed by atoms with Crippen LogP contribution in [-0.2, 0) is 9.59 Å². The minimum atomic E-state index is -0.665. The van der Waals surface area contributed by atoms with Crippen molar-refractivity contribution < 1.29 is 14.4 Å². The molecule has 2 aromatic rings. The molecule has 3 unspecified atom stereocenters. The fourth-order valence-electron chi connectivity index (χ4n) is 5.03. The van der Waals surface area contributed by atoms with Gasteiger partial charge < -0.3 is 9.80 Å². The van der Waals surface area contributed by atoms with Crippen LogP contribution in [0.15, 0.2) is 36.4 Å². The monoisotopic (exact) mass is 388 g/mol. The average molecular weight is 388 g/mol. The summed E-state index contributed by atoms with van der Waals surface area (Å²) < 4.78 is 0. The van der Waals surface area contributed by atoms with Gasteiger partial charge in [0.1, 0.15) is 12.1 Å². The molecule has 29 heavy (non-hydrogen) atoms. The third-order valence-electron chi connectivity index (χ3n) is 6.30. The highest BCUT2D eigenvalue weighted by atomic mass is 16.2. The summed E-state index contributed by atoms with van der Waals surface area (Å²) in [5.41, 5.74) is 0.630. The number of rotatable bonds is 2. The second-order valence-electron chi connectivity index (χ2n) is 8.20. The van der Waals surface area contributed by atoms with E-state index in [1.54, 1.807) is 15.9 Å². The zero-order valence-electron chi connectivity index (χ0n) is 16.2. The van der Waals surface area contributed by atoms with Crippen LogP contribution in [0.25, 0.3) is 10.8 Å². The van der Waals surface area contributed by atoms with Crippen molar-refractivity contribution in [2.75, 3.05) is 11.4 Å². The Kier molecular flexibility index (Phi) is 3.69. The minimum absolute atomic E-state index is 0.0132. The highest BCUT2D eigenvalue weighted by molar-refractivity contribution is 6.23. The third kappa shape index (κ3) is 2.26. The largest absolute Gasteiger partial charge is 0.335 e. The number of carbonyl (C=O) groups excluding carboxylic acids is 3. The van der Waals surface area contributed by atoms with Crippen LogP contribution in [0.1, 0.15) is 25.8 Å². The fraction of sp³-hybridized carbons (Fsp3) is 0.364. The summed E-state index contributed by atoms with van der Waals surface area (Å²) in [5.74, 6) is -0.494. The minimum Gasteiger partial charge on any atom is -0.335 e. The molecule has 2 bridgehead atoms. The molecule has 7 nitrogen and oxygen atoms in total. The molecule has 0 saturated carbocycles. The lowest BCUT2D eigenvalue weighted by Gasteiger charge is -2.35. The fourth-order valence-corrected chi connectivity index (χ4v) is 5.03. The molecule has 3 aliphatic rings. The molecule has 3 saturated heterocycles. The Balaban J connectivity index is 1.56. The van der Waals surface area contributed by atoms with Crippen molar-refractivity contribution in [3.8, 4) is 6.07 Å². The molecule has 3 heterocycles. The molecule has 2 aromatic carbocycles. The Hall–Kier alpha value is -3.40. The molecule has 0 aliphatic carbocycles. The van der Waals surface area contributed by atoms with Crippen molar-refractivity contribution >= 4 is 34.3 Å². The van der Waals surface area contributed by atoms with Crippen LogP contribution >= 0.6 is 0 Å². The molecule has 0 spiro atoms. The van der Waals surface area contributed by atoms with Gasteiger partial charge in [0.2, 0.25) is 5.91 Å². The van der Waals surface area contributed by atoms with Crippen LogP contribution in [0.3, 0.4) is 0 Å². The van der Waals surface area contributed by atoms with E-state index in [9.17, 15) is 19.6 Å². The molecule has 3 atom stereocenters. The number of nitriles is 1. The van der Waals surface area contributed by atoms with E-state index >= 15 is 0 Å². The van der Waals surface area contributed by atoms with Gasteiger partial charge in [0, 0.05) is 17.8 Å². The zero-order chi connectivity index (χ0) is 20.4. The third-order valence-corrected chi connectivity index (χ3v) is 6.30. The summed E-state index contributed by atoms with van der Waals surface area (Å²) in [4.78, 5) is 43.6. The van der Waals surface area contributed by atoms with Crippen molar-refractivity contribution in [1.82, 2.24) is 9.80 Å². The number of amides is 4. The van der Waals surface area contributed by atoms with Crippen LogP contribution in [0.4, 0.5) is 10.5 Å². The van der Waals surface area contributed by atoms with Crippen molar-refractivity contribution in [3.05, 3.63) is 42.0 Å². The molecular weight excluding hydrogens is 368 g/mol. The van der Waals surface area contributed by atoms with Gasteiger partial charge in [-0.25, -0.2) is 9.69 Å². The number of likely N-dealkylation sites (tertiary alicyclic amines) is 1. The van der Waals surface area contributed by atoms with E-state index < -0.39 is 12.1 Å². The van der Waals surface area contributed by atoms with Crippen molar-refractivity contribution in [1.29, 1.82) is 5.26 Å². The highest BCUT2D eigenvalue weighted by Gasteiger charge is 2.63. The molecule has 0 N–H and O–H groups in total. The van der Waals surface area contributed by atoms with E-state index in [0.717, 1.165) is 10.3 Å². The number of anilines is 1. The molecule has 146 valence electrons. The Morgan fingerprint density at radius 3 is 2.66 bits per heavy atom. The number of benzene rings is 2. The van der Waals surface area contributed by atoms with E-state index in [1.807, 2.05) is 44.2 Å². The lowest BCUT2D eigenvalue weighted by Crippen LogP contribution is -2.55. The SMILES string of the molecule is CC(C)C(=O)N1CC2CC1C1C(=O)N(c3ccc4ccccc4c3C#N)C(=O)N21. The second kappa shape index (κ2) is 6.05. The average Bonchev–Trinajstić information content (AvgIpc) is 3.38. The number of hydrogen-bond donors (Lipinski definition) is 0. The van der Waals surface area contributed by atoms with Gasteiger partial charge >= 0.3 is 6.03 Å². The molecule has 3 aliphatic heterocycles. The molecule has 3 fully saturated rings. The lowest BCUT2D eigenvalue weighted by atomic mass is 10.0. The van der Waals surface area contributed by atoms with E-state index in [-0.39, 0.29) is 29.8 Å². The maximum absolute atomic E-state index is 13.3. The standard InChI is InChI=1S/C22H20N4O3/c1-12(2)20(27)24-11-14-9-18(24)19-21(28)26(22(29)25(14)19)17-8-7-13-5-3-4-6-15(13)16(17)10-23/h3-8,12,14,18-19H,9,11H2,1-2H3. The smallest absolute Gasteiger partial charge is 0.332 e. The number of nitrogens with zero attached hydrogens (tertiary/aromatic N) is 4. The van der Waals surface area contributed by atoms with Crippen LogP contribution in [-0.4, -0.2) is 52.3 Å². The summed E-state index contributed by atoms with van der Waals surface area (Å²) >= 11 is 0. The molecule has 0 radical (unpaired) electrons. The second-order valence-corrected chi connectivity index (χ2v) is 8.20. The summed E-state index contributed by atoms with van der Waals surface area (Å²) in [6, 6.07) is 11.6. The predicted octanol–water partition coefficient (Wildman–Crippen LogP) is 2.49. The first-order valence-electron chi connectivity index (χ1n) is 9.82. The Morgan fingerprint density at radius 2 is 1.93 bits per heavy atom. The Bertz CT molecular complexity index is 1120. The van der Waals surface area contributed by atoms with Gasteiger partial charge in [-0.3, -0.25) is 9.59 Å². The quantitative estimate of drug-likeness (QED) is 0.740. The first kappa shape index (κ1) is 17.7. The van der Waals surface area contributed by atoms with Crippen LogP contribution < -0.4 is 4.90 Å². The van der Waals surface area contributed by atoms with E-state index in [0.29, 0.717) is 29.6 Å². The van der Waals surface area contributed by atoms with Crippen molar-refractivity contribution in [2.24, 2.45) is 5.92 Å². The topological polar surface area (TPSA) is 84.7 Å². The van der Waals surface area contributed by atoms with Crippen molar-refractivity contribution in [2.45, 2.75) is 38.4 Å². The predicted molar refractivity (Wildman–Crippen MR) is 106 cm³/mol. The number of carbonyl (C=O) groups is 3. The normalized spacial score (nSPS) is 25.3. The summed E-state index contributed by atoms with van der Waals surface area (Å²) in [6.07, 6.45) is 0.636. The van der Waals surface area contributed by atoms with Crippen LogP contribution in [0.2, 0.25) is 0 Å².